The zero-order valence-corrected chi connectivity index (χ0v) is 12.4. The van der Waals surface area contributed by atoms with Gasteiger partial charge < -0.3 is 10.2 Å². The van der Waals surface area contributed by atoms with E-state index in [1.54, 1.807) is 0 Å². The van der Waals surface area contributed by atoms with Crippen molar-refractivity contribution in [1.29, 1.82) is 0 Å². The second-order valence-electron chi connectivity index (χ2n) is 4.97. The van der Waals surface area contributed by atoms with E-state index in [2.05, 4.69) is 20.4 Å². The van der Waals surface area contributed by atoms with E-state index in [0.29, 0.717) is 17.5 Å². The van der Waals surface area contributed by atoms with E-state index in [1.165, 1.54) is 35.7 Å². The summed E-state index contributed by atoms with van der Waals surface area (Å²) >= 11 is 3.51. The van der Waals surface area contributed by atoms with E-state index in [-0.39, 0.29) is 5.91 Å². The van der Waals surface area contributed by atoms with Gasteiger partial charge in [0.15, 0.2) is 0 Å². The highest BCUT2D eigenvalue weighted by Crippen LogP contribution is 2.42. The van der Waals surface area contributed by atoms with Crippen molar-refractivity contribution in [2.45, 2.75) is 25.2 Å². The van der Waals surface area contributed by atoms with Gasteiger partial charge in [0, 0.05) is 43.5 Å². The van der Waals surface area contributed by atoms with Crippen LogP contribution in [0, 0.1) is 0 Å². The standard InChI is InChI=1S/C12H18N4OS2/c17-10(3-4-16-5-7-18-8-6-16)13-12-15-14-11(19-12)9-1-2-9/h9H,1-8H2,(H,13,15,17). The molecule has 2 aliphatic rings. The number of carbonyl (C=O) groups excluding carboxylic acids is 1. The summed E-state index contributed by atoms with van der Waals surface area (Å²) in [5, 5.41) is 12.7. The summed E-state index contributed by atoms with van der Waals surface area (Å²) in [5.41, 5.74) is 0. The first-order valence-electron chi connectivity index (χ1n) is 6.74. The number of carbonyl (C=O) groups is 1. The number of anilines is 1. The first-order chi connectivity index (χ1) is 9.31. The molecule has 5 nitrogen and oxygen atoms in total. The van der Waals surface area contributed by atoms with Crippen molar-refractivity contribution in [3.8, 4) is 0 Å². The molecular formula is C12H18N4OS2. The van der Waals surface area contributed by atoms with Crippen LogP contribution in [0.5, 0.6) is 0 Å². The van der Waals surface area contributed by atoms with E-state index in [1.807, 2.05) is 11.8 Å². The molecule has 0 spiro atoms. The third kappa shape index (κ3) is 3.90. The lowest BCUT2D eigenvalue weighted by Crippen LogP contribution is -2.34. The Labute approximate surface area is 121 Å². The Morgan fingerprint density at radius 2 is 2.11 bits per heavy atom. The summed E-state index contributed by atoms with van der Waals surface area (Å²) in [7, 11) is 0. The molecule has 19 heavy (non-hydrogen) atoms. The Morgan fingerprint density at radius 1 is 1.32 bits per heavy atom. The molecule has 1 amide bonds. The van der Waals surface area contributed by atoms with Gasteiger partial charge in [0.2, 0.25) is 11.0 Å². The number of hydrogen-bond acceptors (Lipinski definition) is 6. The van der Waals surface area contributed by atoms with Crippen molar-refractivity contribution in [2.75, 3.05) is 36.5 Å². The van der Waals surface area contributed by atoms with Crippen molar-refractivity contribution in [1.82, 2.24) is 15.1 Å². The van der Waals surface area contributed by atoms with E-state index in [9.17, 15) is 4.79 Å². The Balaban J connectivity index is 1.42. The van der Waals surface area contributed by atoms with Crippen LogP contribution in [-0.2, 0) is 4.79 Å². The molecule has 1 saturated heterocycles. The largest absolute Gasteiger partial charge is 0.301 e. The van der Waals surface area contributed by atoms with Crippen LogP contribution in [0.25, 0.3) is 0 Å². The topological polar surface area (TPSA) is 58.1 Å². The molecule has 0 radical (unpaired) electrons. The van der Waals surface area contributed by atoms with Crippen LogP contribution in [0.2, 0.25) is 0 Å². The first-order valence-corrected chi connectivity index (χ1v) is 8.72. The maximum atomic E-state index is 11.8. The van der Waals surface area contributed by atoms with Crippen molar-refractivity contribution in [3.05, 3.63) is 5.01 Å². The molecule has 1 N–H and O–H groups in total. The van der Waals surface area contributed by atoms with Gasteiger partial charge in [0.05, 0.1) is 0 Å². The molecule has 0 aromatic carbocycles. The van der Waals surface area contributed by atoms with Crippen LogP contribution in [0.15, 0.2) is 0 Å². The highest BCUT2D eigenvalue weighted by molar-refractivity contribution is 7.99. The van der Waals surface area contributed by atoms with Gasteiger partial charge in [-0.15, -0.1) is 10.2 Å². The molecule has 2 fully saturated rings. The van der Waals surface area contributed by atoms with Gasteiger partial charge in [0.25, 0.3) is 0 Å². The molecule has 1 aromatic rings. The zero-order valence-electron chi connectivity index (χ0n) is 10.8. The SMILES string of the molecule is O=C(CCN1CCSCC1)Nc1nnc(C2CC2)s1. The van der Waals surface area contributed by atoms with E-state index in [4.69, 9.17) is 0 Å². The lowest BCUT2D eigenvalue weighted by atomic mass is 10.3. The van der Waals surface area contributed by atoms with Gasteiger partial charge in [-0.3, -0.25) is 4.79 Å². The van der Waals surface area contributed by atoms with Crippen LogP contribution in [0.4, 0.5) is 5.13 Å². The normalized spacial score (nSPS) is 20.4. The van der Waals surface area contributed by atoms with Gasteiger partial charge in [-0.2, -0.15) is 11.8 Å². The zero-order chi connectivity index (χ0) is 13.1. The van der Waals surface area contributed by atoms with Gasteiger partial charge in [-0.25, -0.2) is 0 Å². The van der Waals surface area contributed by atoms with Crippen LogP contribution in [0.1, 0.15) is 30.2 Å². The highest BCUT2D eigenvalue weighted by atomic mass is 32.2. The summed E-state index contributed by atoms with van der Waals surface area (Å²) in [6.07, 6.45) is 2.98. The van der Waals surface area contributed by atoms with Crippen LogP contribution in [0.3, 0.4) is 0 Å². The van der Waals surface area contributed by atoms with Gasteiger partial charge >= 0.3 is 0 Å². The number of amides is 1. The number of nitrogens with zero attached hydrogens (tertiary/aromatic N) is 3. The second kappa shape index (κ2) is 6.19. The minimum absolute atomic E-state index is 0.0525. The van der Waals surface area contributed by atoms with Crippen LogP contribution in [-0.4, -0.2) is 52.1 Å². The Bertz CT molecular complexity index is 441. The summed E-state index contributed by atoms with van der Waals surface area (Å²) in [4.78, 5) is 14.2. The Kier molecular flexibility index (Phi) is 4.35. The smallest absolute Gasteiger partial charge is 0.227 e. The third-order valence-electron chi connectivity index (χ3n) is 3.37. The van der Waals surface area contributed by atoms with Gasteiger partial charge in [-0.1, -0.05) is 11.3 Å². The molecule has 1 aliphatic carbocycles. The quantitative estimate of drug-likeness (QED) is 0.898. The molecule has 0 unspecified atom stereocenters. The van der Waals surface area contributed by atoms with E-state index < -0.39 is 0 Å². The molecule has 0 atom stereocenters. The fraction of sp³-hybridized carbons (Fsp3) is 0.750. The van der Waals surface area contributed by atoms with Gasteiger partial charge in [0.1, 0.15) is 5.01 Å². The molecule has 1 aliphatic heterocycles. The molecule has 3 rings (SSSR count). The van der Waals surface area contributed by atoms with Gasteiger partial charge in [-0.05, 0) is 12.8 Å². The van der Waals surface area contributed by atoms with E-state index in [0.717, 1.165) is 24.6 Å². The predicted molar refractivity (Wildman–Crippen MR) is 78.9 cm³/mol. The minimum atomic E-state index is 0.0525. The van der Waals surface area contributed by atoms with Crippen LogP contribution >= 0.6 is 23.1 Å². The third-order valence-corrected chi connectivity index (χ3v) is 5.32. The molecule has 1 saturated carbocycles. The predicted octanol–water partition coefficient (Wildman–Crippen LogP) is 1.79. The number of nitrogens with one attached hydrogen (secondary N) is 1. The summed E-state index contributed by atoms with van der Waals surface area (Å²) < 4.78 is 0. The fourth-order valence-corrected chi connectivity index (χ4v) is 3.95. The first kappa shape index (κ1) is 13.3. The molecular weight excluding hydrogens is 280 g/mol. The van der Waals surface area contributed by atoms with Crippen molar-refractivity contribution < 1.29 is 4.79 Å². The fourth-order valence-electron chi connectivity index (χ4n) is 2.05. The monoisotopic (exact) mass is 298 g/mol. The maximum Gasteiger partial charge on any atom is 0.227 e. The van der Waals surface area contributed by atoms with Crippen molar-refractivity contribution >= 4 is 34.1 Å². The lowest BCUT2D eigenvalue weighted by Gasteiger charge is -2.25. The molecule has 1 aromatic heterocycles. The van der Waals surface area contributed by atoms with Crippen molar-refractivity contribution in [2.24, 2.45) is 0 Å². The molecule has 104 valence electrons. The molecule has 0 bridgehead atoms. The molecule has 2 heterocycles. The maximum absolute atomic E-state index is 11.8. The number of rotatable bonds is 5. The number of thioether (sulfide) groups is 1. The molecule has 7 heteroatoms. The summed E-state index contributed by atoms with van der Waals surface area (Å²) in [5.74, 6) is 3.02. The highest BCUT2D eigenvalue weighted by Gasteiger charge is 2.27. The number of aromatic nitrogens is 2. The average molecular weight is 298 g/mol. The second-order valence-corrected chi connectivity index (χ2v) is 7.21. The summed E-state index contributed by atoms with van der Waals surface area (Å²) in [6.45, 7) is 3.05. The number of hydrogen-bond donors (Lipinski definition) is 1. The van der Waals surface area contributed by atoms with Crippen molar-refractivity contribution in [3.63, 3.8) is 0 Å². The Morgan fingerprint density at radius 3 is 2.84 bits per heavy atom. The Hall–Kier alpha value is -0.660. The summed E-state index contributed by atoms with van der Waals surface area (Å²) in [6, 6.07) is 0. The van der Waals surface area contributed by atoms with Crippen LogP contribution < -0.4 is 5.32 Å². The average Bonchev–Trinajstić information content (AvgIpc) is 3.19. The van der Waals surface area contributed by atoms with E-state index >= 15 is 0 Å². The minimum Gasteiger partial charge on any atom is -0.301 e. The lowest BCUT2D eigenvalue weighted by molar-refractivity contribution is -0.116.